The molecule has 1 N–H and O–H groups in total. The van der Waals surface area contributed by atoms with Gasteiger partial charge in [-0.25, -0.2) is 0 Å². The highest BCUT2D eigenvalue weighted by molar-refractivity contribution is 6.46. The van der Waals surface area contributed by atoms with Crippen molar-refractivity contribution in [2.45, 2.75) is 6.42 Å². The summed E-state index contributed by atoms with van der Waals surface area (Å²) in [5, 5.41) is 10.8. The number of hydrogen-bond acceptors (Lipinski definition) is 2. The van der Waals surface area contributed by atoms with Crippen molar-refractivity contribution in [2.24, 2.45) is 0 Å². The van der Waals surface area contributed by atoms with Gasteiger partial charge in [0.25, 0.3) is 0 Å². The molecule has 2 aromatic carbocycles. The molecule has 0 amide bonds. The third-order valence-corrected chi connectivity index (χ3v) is 5.87. The van der Waals surface area contributed by atoms with Gasteiger partial charge >= 0.3 is 5.97 Å². The number of nitrogens with zero attached hydrogens (tertiary/aromatic N) is 1. The molecule has 3 nitrogen and oxygen atoms in total. The molecule has 0 unspecified atom stereocenters. The van der Waals surface area contributed by atoms with E-state index < -0.39 is 5.97 Å². The maximum Gasteiger partial charge on any atom is 0.307 e. The minimum atomic E-state index is -1.00. The molecule has 0 aliphatic carbocycles. The fourth-order valence-electron chi connectivity index (χ4n) is 2.68. The zero-order valence-corrected chi connectivity index (χ0v) is 18.3. The van der Waals surface area contributed by atoms with E-state index in [0.717, 1.165) is 0 Å². The van der Waals surface area contributed by atoms with E-state index in [-0.39, 0.29) is 26.5 Å². The van der Waals surface area contributed by atoms with Gasteiger partial charge < -0.3 is 5.11 Å². The number of hydrogen-bond donors (Lipinski definition) is 1. The summed E-state index contributed by atoms with van der Waals surface area (Å²) >= 11 is 37.4. The molecule has 28 heavy (non-hydrogen) atoms. The van der Waals surface area contributed by atoms with Crippen LogP contribution in [0.2, 0.25) is 30.1 Å². The average molecular weight is 496 g/mol. The number of carboxylic acid groups (broad SMARTS) is 1. The lowest BCUT2D eigenvalue weighted by atomic mass is 9.97. The van der Waals surface area contributed by atoms with Gasteiger partial charge in [-0.15, -0.1) is 0 Å². The number of aromatic nitrogens is 1. The normalized spacial score (nSPS) is 10.9. The lowest BCUT2D eigenvalue weighted by Gasteiger charge is -2.15. The largest absolute Gasteiger partial charge is 0.481 e. The molecule has 0 aliphatic heterocycles. The first kappa shape index (κ1) is 21.5. The lowest BCUT2D eigenvalue weighted by molar-refractivity contribution is -0.136. The molecule has 0 spiro atoms. The molecule has 144 valence electrons. The summed E-state index contributed by atoms with van der Waals surface area (Å²) in [5.41, 5.74) is 2.30. The summed E-state index contributed by atoms with van der Waals surface area (Å²) < 4.78 is 0. The highest BCUT2D eigenvalue weighted by atomic mass is 35.5. The number of pyridine rings is 1. The Morgan fingerprint density at radius 3 is 1.89 bits per heavy atom. The predicted octanol–water partition coefficient (Wildman–Crippen LogP) is 7.96. The Morgan fingerprint density at radius 2 is 1.32 bits per heavy atom. The second-order valence-electron chi connectivity index (χ2n) is 5.81. The van der Waals surface area contributed by atoms with E-state index in [4.69, 9.17) is 74.7 Å². The molecule has 0 radical (unpaired) electrons. The fourth-order valence-corrected chi connectivity index (χ4v) is 4.08. The van der Waals surface area contributed by atoms with Crippen LogP contribution in [-0.2, 0) is 11.2 Å². The third kappa shape index (κ3) is 4.51. The molecule has 0 saturated carbocycles. The molecule has 0 aliphatic rings. The number of rotatable bonds is 4. The van der Waals surface area contributed by atoms with Gasteiger partial charge in [-0.1, -0.05) is 69.6 Å². The molecule has 0 saturated heterocycles. The third-order valence-electron chi connectivity index (χ3n) is 3.83. The maximum atomic E-state index is 11.1. The van der Waals surface area contributed by atoms with E-state index in [1.54, 1.807) is 18.2 Å². The van der Waals surface area contributed by atoms with Crippen LogP contribution in [0.3, 0.4) is 0 Å². The molecule has 1 aromatic heterocycles. The van der Waals surface area contributed by atoms with E-state index in [9.17, 15) is 4.79 Å². The first-order valence-corrected chi connectivity index (χ1v) is 9.94. The van der Waals surface area contributed by atoms with Gasteiger partial charge in [0, 0.05) is 32.9 Å². The topological polar surface area (TPSA) is 50.2 Å². The van der Waals surface area contributed by atoms with Gasteiger partial charge in [-0.05, 0) is 35.9 Å². The van der Waals surface area contributed by atoms with E-state index in [2.05, 4.69) is 4.98 Å². The molecule has 0 atom stereocenters. The number of carboxylic acids is 1. The van der Waals surface area contributed by atoms with Gasteiger partial charge in [0.05, 0.1) is 32.2 Å². The van der Waals surface area contributed by atoms with E-state index >= 15 is 0 Å². The quantitative estimate of drug-likeness (QED) is 0.373. The molecule has 0 bridgehead atoms. The van der Waals surface area contributed by atoms with Crippen molar-refractivity contribution < 1.29 is 9.90 Å². The highest BCUT2D eigenvalue weighted by Gasteiger charge is 2.20. The van der Waals surface area contributed by atoms with Crippen molar-refractivity contribution in [3.8, 4) is 22.4 Å². The van der Waals surface area contributed by atoms with Crippen molar-refractivity contribution >= 4 is 75.6 Å². The predicted molar refractivity (Wildman–Crippen MR) is 117 cm³/mol. The van der Waals surface area contributed by atoms with Gasteiger partial charge in [-0.2, -0.15) is 0 Å². The summed E-state index contributed by atoms with van der Waals surface area (Å²) in [6.07, 6.45) is 1.22. The van der Waals surface area contributed by atoms with Crippen molar-refractivity contribution in [3.63, 3.8) is 0 Å². The zero-order chi connectivity index (χ0) is 20.6. The highest BCUT2D eigenvalue weighted by Crippen LogP contribution is 2.43. The van der Waals surface area contributed by atoms with Gasteiger partial charge in [0.15, 0.2) is 0 Å². The van der Waals surface area contributed by atoms with Crippen LogP contribution >= 0.6 is 69.6 Å². The second-order valence-corrected chi connectivity index (χ2v) is 8.25. The number of halogens is 6. The summed E-state index contributed by atoms with van der Waals surface area (Å²) in [4.78, 5) is 15.5. The average Bonchev–Trinajstić information content (AvgIpc) is 2.61. The zero-order valence-electron chi connectivity index (χ0n) is 13.7. The minimum Gasteiger partial charge on any atom is -0.481 e. The van der Waals surface area contributed by atoms with Crippen LogP contribution in [0.5, 0.6) is 0 Å². The molecular formula is C19H9Cl6NO2. The van der Waals surface area contributed by atoms with Crippen LogP contribution in [0.1, 0.15) is 5.56 Å². The smallest absolute Gasteiger partial charge is 0.307 e. The molecule has 1 heterocycles. The Kier molecular flexibility index (Phi) is 6.65. The Balaban J connectivity index is 2.35. The standard InChI is InChI=1S/C19H9Cl6NO2/c20-9-3-11(17(24)14(22)5-9)12-1-8(2-16(27)28)7-26-19(12)13-4-10(21)6-15(23)18(13)25/h1,3-7H,2H2,(H,27,28). The second kappa shape index (κ2) is 8.66. The first-order valence-electron chi connectivity index (χ1n) is 7.68. The van der Waals surface area contributed by atoms with Crippen molar-refractivity contribution in [1.29, 1.82) is 0 Å². The minimum absolute atomic E-state index is 0.226. The van der Waals surface area contributed by atoms with Crippen LogP contribution in [0.15, 0.2) is 36.5 Å². The lowest BCUT2D eigenvalue weighted by Crippen LogP contribution is -2.02. The van der Waals surface area contributed by atoms with E-state index in [1.165, 1.54) is 18.3 Å². The van der Waals surface area contributed by atoms with Crippen molar-refractivity contribution in [3.05, 3.63) is 72.2 Å². The molecule has 0 fully saturated rings. The van der Waals surface area contributed by atoms with Crippen LogP contribution in [-0.4, -0.2) is 16.1 Å². The Hall–Kier alpha value is -1.20. The number of aliphatic carboxylic acids is 1. The van der Waals surface area contributed by atoms with Gasteiger partial charge in [0.2, 0.25) is 0 Å². The van der Waals surface area contributed by atoms with Gasteiger partial charge in [0.1, 0.15) is 0 Å². The molecular weight excluding hydrogens is 487 g/mol. The number of benzene rings is 2. The Labute approximate surface area is 190 Å². The summed E-state index contributed by atoms with van der Waals surface area (Å²) in [7, 11) is 0. The summed E-state index contributed by atoms with van der Waals surface area (Å²) in [6.45, 7) is 0. The van der Waals surface area contributed by atoms with E-state index in [0.29, 0.717) is 38.0 Å². The Morgan fingerprint density at radius 1 is 0.786 bits per heavy atom. The van der Waals surface area contributed by atoms with E-state index in [1.807, 2.05) is 0 Å². The van der Waals surface area contributed by atoms with Crippen LogP contribution in [0.25, 0.3) is 22.4 Å². The van der Waals surface area contributed by atoms with Crippen molar-refractivity contribution in [1.82, 2.24) is 4.98 Å². The monoisotopic (exact) mass is 493 g/mol. The molecule has 3 rings (SSSR count). The molecule has 9 heteroatoms. The number of carbonyl (C=O) groups is 1. The first-order chi connectivity index (χ1) is 13.2. The van der Waals surface area contributed by atoms with Gasteiger partial charge in [-0.3, -0.25) is 9.78 Å². The summed E-state index contributed by atoms with van der Waals surface area (Å²) in [6, 6.07) is 7.89. The summed E-state index contributed by atoms with van der Waals surface area (Å²) in [5.74, 6) is -1.00. The van der Waals surface area contributed by atoms with Crippen LogP contribution in [0, 0.1) is 0 Å². The van der Waals surface area contributed by atoms with Crippen molar-refractivity contribution in [2.75, 3.05) is 0 Å². The van der Waals surface area contributed by atoms with Crippen LogP contribution in [0.4, 0.5) is 0 Å². The Bertz CT molecular complexity index is 1100. The fraction of sp³-hybridized carbons (Fsp3) is 0.0526. The SMILES string of the molecule is O=C(O)Cc1cnc(-c2cc(Cl)cc(Cl)c2Cl)c(-c2cc(Cl)cc(Cl)c2Cl)c1. The maximum absolute atomic E-state index is 11.1. The van der Waals surface area contributed by atoms with Crippen LogP contribution < -0.4 is 0 Å². The molecule has 3 aromatic rings.